The van der Waals surface area contributed by atoms with E-state index in [-0.39, 0.29) is 5.41 Å². The van der Waals surface area contributed by atoms with Gasteiger partial charge in [0.25, 0.3) is 0 Å². The Morgan fingerprint density at radius 2 is 1.57 bits per heavy atom. The van der Waals surface area contributed by atoms with E-state index in [9.17, 15) is 4.57 Å². The highest BCUT2D eigenvalue weighted by atomic mass is 31.2. The van der Waals surface area contributed by atoms with Crippen LogP contribution in [0.3, 0.4) is 0 Å². The first-order valence-electron chi connectivity index (χ1n) is 8.04. The molecule has 0 spiro atoms. The average Bonchev–Trinajstić information content (AvgIpc) is 2.56. The van der Waals surface area contributed by atoms with E-state index in [4.69, 9.17) is 4.52 Å². The van der Waals surface area contributed by atoms with Crippen LogP contribution < -0.4 is 9.97 Å². The van der Waals surface area contributed by atoms with Gasteiger partial charge in [0, 0.05) is 18.2 Å². The molecule has 0 bridgehead atoms. The van der Waals surface area contributed by atoms with Gasteiger partial charge in [-0.2, -0.15) is 0 Å². The maximum absolute atomic E-state index is 13.7. The highest BCUT2D eigenvalue weighted by molar-refractivity contribution is 7.68. The molecule has 122 valence electrons. The lowest BCUT2D eigenvalue weighted by Gasteiger charge is -2.44. The van der Waals surface area contributed by atoms with Crippen molar-refractivity contribution in [3.8, 4) is 0 Å². The normalized spacial score (nSPS) is 25.3. The first-order valence-corrected chi connectivity index (χ1v) is 9.62. The standard InChI is InChI=1S/C19H24NO2P/c1-19(2,3)16-14-20(17-10-6-4-7-11-17)23(21,22-15-16)18-12-8-5-9-13-18/h4-13,16H,14-15H2,1-3H3/t16-,23+/m1/s1. The van der Waals surface area contributed by atoms with Gasteiger partial charge in [0.1, 0.15) is 0 Å². The molecule has 0 aromatic heterocycles. The summed E-state index contributed by atoms with van der Waals surface area (Å²) in [4.78, 5) is 0. The average molecular weight is 329 g/mol. The van der Waals surface area contributed by atoms with Crippen molar-refractivity contribution in [3.63, 3.8) is 0 Å². The zero-order valence-electron chi connectivity index (χ0n) is 14.0. The molecule has 0 N–H and O–H groups in total. The van der Waals surface area contributed by atoms with Crippen molar-refractivity contribution in [1.82, 2.24) is 0 Å². The van der Waals surface area contributed by atoms with E-state index in [1.54, 1.807) is 0 Å². The molecule has 1 heterocycles. The number of benzene rings is 2. The van der Waals surface area contributed by atoms with Crippen molar-refractivity contribution in [1.29, 1.82) is 0 Å². The highest BCUT2D eigenvalue weighted by Crippen LogP contribution is 2.56. The van der Waals surface area contributed by atoms with Crippen molar-refractivity contribution in [3.05, 3.63) is 60.7 Å². The summed E-state index contributed by atoms with van der Waals surface area (Å²) in [6.07, 6.45) is 0. The minimum Gasteiger partial charge on any atom is -0.310 e. The number of para-hydroxylation sites is 1. The van der Waals surface area contributed by atoms with Crippen LogP contribution in [0.1, 0.15) is 20.8 Å². The molecule has 0 amide bonds. The number of hydrogen-bond donors (Lipinski definition) is 0. The van der Waals surface area contributed by atoms with Crippen LogP contribution in [-0.4, -0.2) is 13.2 Å². The highest BCUT2D eigenvalue weighted by Gasteiger charge is 2.43. The van der Waals surface area contributed by atoms with Crippen LogP contribution in [0.25, 0.3) is 0 Å². The van der Waals surface area contributed by atoms with Crippen molar-refractivity contribution in [2.24, 2.45) is 11.3 Å². The Morgan fingerprint density at radius 1 is 1.00 bits per heavy atom. The number of hydrogen-bond acceptors (Lipinski definition) is 2. The van der Waals surface area contributed by atoms with E-state index >= 15 is 0 Å². The van der Waals surface area contributed by atoms with E-state index in [1.165, 1.54) is 0 Å². The first-order chi connectivity index (χ1) is 10.9. The minimum absolute atomic E-state index is 0.106. The molecule has 2 aromatic rings. The quantitative estimate of drug-likeness (QED) is 0.748. The van der Waals surface area contributed by atoms with Gasteiger partial charge in [0.15, 0.2) is 0 Å². The molecule has 2 atom stereocenters. The number of anilines is 1. The predicted octanol–water partition coefficient (Wildman–Crippen LogP) is 4.70. The maximum atomic E-state index is 13.7. The van der Waals surface area contributed by atoms with Gasteiger partial charge < -0.3 is 4.52 Å². The molecule has 4 heteroatoms. The van der Waals surface area contributed by atoms with E-state index in [0.29, 0.717) is 12.5 Å². The monoisotopic (exact) mass is 329 g/mol. The molecular weight excluding hydrogens is 305 g/mol. The van der Waals surface area contributed by atoms with E-state index in [2.05, 4.69) is 20.8 Å². The molecule has 1 fully saturated rings. The predicted molar refractivity (Wildman–Crippen MR) is 96.4 cm³/mol. The maximum Gasteiger partial charge on any atom is 0.326 e. The molecule has 1 saturated heterocycles. The summed E-state index contributed by atoms with van der Waals surface area (Å²) in [7, 11) is -3.07. The van der Waals surface area contributed by atoms with E-state index < -0.39 is 7.52 Å². The molecule has 0 unspecified atom stereocenters. The van der Waals surface area contributed by atoms with Crippen molar-refractivity contribution < 1.29 is 9.09 Å². The fourth-order valence-electron chi connectivity index (χ4n) is 2.84. The zero-order valence-corrected chi connectivity index (χ0v) is 14.9. The van der Waals surface area contributed by atoms with Crippen LogP contribution in [-0.2, 0) is 9.09 Å². The van der Waals surface area contributed by atoms with E-state index in [0.717, 1.165) is 17.5 Å². The largest absolute Gasteiger partial charge is 0.326 e. The zero-order chi connectivity index (χ0) is 16.5. The third kappa shape index (κ3) is 3.22. The summed E-state index contributed by atoms with van der Waals surface area (Å²) in [6.45, 7) is 7.90. The molecule has 3 rings (SSSR count). The van der Waals surface area contributed by atoms with Gasteiger partial charge in [-0.15, -0.1) is 0 Å². The molecule has 0 saturated carbocycles. The van der Waals surface area contributed by atoms with Gasteiger partial charge in [-0.25, -0.2) is 0 Å². The second kappa shape index (κ2) is 6.14. The SMILES string of the molecule is CC(C)(C)[C@H]1CO[P@@](=O)(c2ccccc2)N(c2ccccc2)C1. The Hall–Kier alpha value is -1.57. The van der Waals surface area contributed by atoms with Crippen LogP contribution in [0, 0.1) is 11.3 Å². The van der Waals surface area contributed by atoms with Gasteiger partial charge >= 0.3 is 7.52 Å². The molecule has 0 radical (unpaired) electrons. The number of rotatable bonds is 2. The second-order valence-electron chi connectivity index (χ2n) is 7.13. The van der Waals surface area contributed by atoms with Crippen LogP contribution >= 0.6 is 7.52 Å². The van der Waals surface area contributed by atoms with Crippen molar-refractivity contribution >= 4 is 18.5 Å². The summed E-state index contributed by atoms with van der Waals surface area (Å²) >= 11 is 0. The molecule has 23 heavy (non-hydrogen) atoms. The topological polar surface area (TPSA) is 29.5 Å². The molecule has 2 aromatic carbocycles. The second-order valence-corrected chi connectivity index (χ2v) is 9.43. The van der Waals surface area contributed by atoms with Crippen molar-refractivity contribution in [2.45, 2.75) is 20.8 Å². The van der Waals surface area contributed by atoms with Crippen LogP contribution in [0.2, 0.25) is 0 Å². The molecular formula is C19H24NO2P. The Kier molecular flexibility index (Phi) is 4.35. The summed E-state index contributed by atoms with van der Waals surface area (Å²) in [6, 6.07) is 19.5. The summed E-state index contributed by atoms with van der Waals surface area (Å²) in [5, 5.41) is 0.760. The summed E-state index contributed by atoms with van der Waals surface area (Å²) < 4.78 is 21.8. The summed E-state index contributed by atoms with van der Waals surface area (Å²) in [5.74, 6) is 0.327. The van der Waals surface area contributed by atoms with Crippen LogP contribution in [0.15, 0.2) is 60.7 Å². The van der Waals surface area contributed by atoms with Crippen LogP contribution in [0.4, 0.5) is 5.69 Å². The van der Waals surface area contributed by atoms with Gasteiger partial charge in [-0.1, -0.05) is 57.2 Å². The Balaban J connectivity index is 2.04. The fraction of sp³-hybridized carbons (Fsp3) is 0.368. The molecule has 0 aliphatic carbocycles. The fourth-order valence-corrected chi connectivity index (χ4v) is 5.19. The Labute approximate surface area is 138 Å². The third-order valence-electron chi connectivity index (χ3n) is 4.52. The van der Waals surface area contributed by atoms with E-state index in [1.807, 2.05) is 65.3 Å². The molecule has 1 aliphatic heterocycles. The van der Waals surface area contributed by atoms with Crippen LogP contribution in [0.5, 0.6) is 0 Å². The lowest BCUT2D eigenvalue weighted by molar-refractivity contribution is 0.139. The van der Waals surface area contributed by atoms with Gasteiger partial charge in [-0.05, 0) is 29.7 Å². The smallest absolute Gasteiger partial charge is 0.310 e. The first kappa shape index (κ1) is 16.3. The molecule has 3 nitrogen and oxygen atoms in total. The Bertz CT molecular complexity index is 694. The van der Waals surface area contributed by atoms with Gasteiger partial charge in [0.2, 0.25) is 0 Å². The Morgan fingerprint density at radius 3 is 2.13 bits per heavy atom. The lowest BCUT2D eigenvalue weighted by Crippen LogP contribution is -2.43. The lowest BCUT2D eigenvalue weighted by atomic mass is 9.81. The summed E-state index contributed by atoms with van der Waals surface area (Å²) in [5.41, 5.74) is 1.06. The minimum atomic E-state index is -3.07. The third-order valence-corrected chi connectivity index (χ3v) is 7.00. The molecule has 1 aliphatic rings. The van der Waals surface area contributed by atoms with Gasteiger partial charge in [0.05, 0.1) is 11.9 Å². The van der Waals surface area contributed by atoms with Crippen molar-refractivity contribution in [2.75, 3.05) is 17.8 Å². The van der Waals surface area contributed by atoms with Gasteiger partial charge in [-0.3, -0.25) is 9.24 Å². The number of nitrogens with zero attached hydrogens (tertiary/aromatic N) is 1.